The van der Waals surface area contributed by atoms with Gasteiger partial charge in [0.25, 0.3) is 0 Å². The van der Waals surface area contributed by atoms with Crippen LogP contribution in [-0.2, 0) is 4.79 Å². The van der Waals surface area contributed by atoms with E-state index in [9.17, 15) is 9.18 Å². The van der Waals surface area contributed by atoms with Crippen LogP contribution in [0.4, 0.5) is 15.8 Å². The fourth-order valence-electron chi connectivity index (χ4n) is 3.02. The fourth-order valence-corrected chi connectivity index (χ4v) is 3.02. The van der Waals surface area contributed by atoms with Gasteiger partial charge in [-0.25, -0.2) is 4.39 Å². The average Bonchev–Trinajstić information content (AvgIpc) is 2.87. The minimum atomic E-state index is -0.406. The van der Waals surface area contributed by atoms with Crippen LogP contribution in [0, 0.1) is 11.2 Å². The van der Waals surface area contributed by atoms with Gasteiger partial charge in [-0.3, -0.25) is 9.69 Å². The summed E-state index contributed by atoms with van der Waals surface area (Å²) in [7, 11) is 0. The number of carbonyl (C=O) groups is 1. The average molecular weight is 293 g/mol. The number of halogens is 1. The van der Waals surface area contributed by atoms with E-state index in [0.29, 0.717) is 23.3 Å². The molecule has 1 amide bonds. The fraction of sp³-hybridized carbons (Fsp3) is 0.562. The number of likely N-dealkylation sites (tertiary alicyclic amines) is 1. The van der Waals surface area contributed by atoms with Crippen LogP contribution in [-0.4, -0.2) is 30.4 Å². The zero-order valence-corrected chi connectivity index (χ0v) is 12.8. The van der Waals surface area contributed by atoms with Gasteiger partial charge in [0.15, 0.2) is 0 Å². The lowest BCUT2D eigenvalue weighted by atomic mass is 9.82. The van der Waals surface area contributed by atoms with Gasteiger partial charge >= 0.3 is 0 Å². The largest absolute Gasteiger partial charge is 0.397 e. The van der Waals surface area contributed by atoms with E-state index < -0.39 is 5.82 Å². The second-order valence-corrected chi connectivity index (χ2v) is 5.95. The molecule has 4 nitrogen and oxygen atoms in total. The molecule has 1 aliphatic heterocycles. The van der Waals surface area contributed by atoms with E-state index in [2.05, 4.69) is 24.1 Å². The van der Waals surface area contributed by atoms with Crippen molar-refractivity contribution in [1.29, 1.82) is 0 Å². The van der Waals surface area contributed by atoms with Crippen LogP contribution >= 0.6 is 0 Å². The molecule has 0 unspecified atom stereocenters. The Morgan fingerprint density at radius 1 is 1.43 bits per heavy atom. The van der Waals surface area contributed by atoms with Crippen molar-refractivity contribution < 1.29 is 9.18 Å². The van der Waals surface area contributed by atoms with Gasteiger partial charge in [0.05, 0.1) is 17.9 Å². The predicted molar refractivity (Wildman–Crippen MR) is 83.5 cm³/mol. The molecule has 0 atom stereocenters. The molecule has 0 bridgehead atoms. The van der Waals surface area contributed by atoms with Crippen molar-refractivity contribution in [2.24, 2.45) is 5.41 Å². The van der Waals surface area contributed by atoms with Gasteiger partial charge in [0.1, 0.15) is 5.82 Å². The van der Waals surface area contributed by atoms with Gasteiger partial charge in [-0.05, 0) is 49.4 Å². The highest BCUT2D eigenvalue weighted by Crippen LogP contribution is 2.36. The molecule has 1 heterocycles. The van der Waals surface area contributed by atoms with Crippen molar-refractivity contribution in [3.05, 3.63) is 24.0 Å². The molecule has 0 aromatic heterocycles. The summed E-state index contributed by atoms with van der Waals surface area (Å²) in [6.07, 6.45) is 3.41. The number of benzene rings is 1. The zero-order valence-electron chi connectivity index (χ0n) is 12.8. The quantitative estimate of drug-likeness (QED) is 0.821. The van der Waals surface area contributed by atoms with Gasteiger partial charge < -0.3 is 11.1 Å². The summed E-state index contributed by atoms with van der Waals surface area (Å²) in [4.78, 5) is 14.3. The van der Waals surface area contributed by atoms with Crippen molar-refractivity contribution in [3.8, 4) is 0 Å². The third-order valence-corrected chi connectivity index (χ3v) is 4.67. The number of amides is 1. The second kappa shape index (κ2) is 6.43. The van der Waals surface area contributed by atoms with E-state index in [1.807, 2.05) is 0 Å². The summed E-state index contributed by atoms with van der Waals surface area (Å²) < 4.78 is 13.2. The minimum absolute atomic E-state index is 0.143. The normalized spacial score (nSPS) is 17.9. The number of carbonyl (C=O) groups excluding carboxylic acids is 1. The van der Waals surface area contributed by atoms with Crippen LogP contribution in [0.1, 0.15) is 33.1 Å². The summed E-state index contributed by atoms with van der Waals surface area (Å²) >= 11 is 0. The highest BCUT2D eigenvalue weighted by Gasteiger charge is 2.35. The van der Waals surface area contributed by atoms with Crippen molar-refractivity contribution in [3.63, 3.8) is 0 Å². The topological polar surface area (TPSA) is 58.4 Å². The van der Waals surface area contributed by atoms with Crippen LogP contribution < -0.4 is 11.1 Å². The van der Waals surface area contributed by atoms with Crippen LogP contribution in [0.5, 0.6) is 0 Å². The molecule has 21 heavy (non-hydrogen) atoms. The van der Waals surface area contributed by atoms with Crippen LogP contribution in [0.15, 0.2) is 18.2 Å². The highest BCUT2D eigenvalue weighted by atomic mass is 19.1. The maximum atomic E-state index is 13.2. The first-order valence-corrected chi connectivity index (χ1v) is 7.55. The van der Waals surface area contributed by atoms with E-state index in [4.69, 9.17) is 5.73 Å². The Labute approximate surface area is 125 Å². The standard InChI is InChI=1S/C16H24FN3O/c1-3-16(4-2)7-8-20(11-16)10-15(21)19-14-9-12(17)5-6-13(14)18/h5-6,9H,3-4,7-8,10-11,18H2,1-2H3,(H,19,21). The lowest BCUT2D eigenvalue weighted by molar-refractivity contribution is -0.117. The Bertz CT molecular complexity index is 514. The number of anilines is 2. The van der Waals surface area contributed by atoms with Crippen LogP contribution in [0.3, 0.4) is 0 Å². The Kier molecular flexibility index (Phi) is 4.83. The number of nitrogen functional groups attached to an aromatic ring is 1. The lowest BCUT2D eigenvalue weighted by Gasteiger charge is -2.26. The summed E-state index contributed by atoms with van der Waals surface area (Å²) in [6, 6.07) is 3.99. The lowest BCUT2D eigenvalue weighted by Crippen LogP contribution is -2.33. The molecule has 1 fully saturated rings. The Balaban J connectivity index is 1.92. The SMILES string of the molecule is CCC1(CC)CCN(CC(=O)Nc2cc(F)ccc2N)C1. The number of nitrogens with one attached hydrogen (secondary N) is 1. The van der Waals surface area contributed by atoms with Gasteiger partial charge in [-0.15, -0.1) is 0 Å². The smallest absolute Gasteiger partial charge is 0.238 e. The van der Waals surface area contributed by atoms with Crippen molar-refractivity contribution in [1.82, 2.24) is 4.90 Å². The van der Waals surface area contributed by atoms with E-state index >= 15 is 0 Å². The minimum Gasteiger partial charge on any atom is -0.397 e. The molecule has 0 aliphatic carbocycles. The molecule has 3 N–H and O–H groups in total. The number of hydrogen-bond donors (Lipinski definition) is 2. The zero-order chi connectivity index (χ0) is 15.5. The monoisotopic (exact) mass is 293 g/mol. The Morgan fingerprint density at radius 2 is 2.14 bits per heavy atom. The molecule has 5 heteroatoms. The predicted octanol–water partition coefficient (Wildman–Crippen LogP) is 2.86. The highest BCUT2D eigenvalue weighted by molar-refractivity contribution is 5.95. The molecule has 116 valence electrons. The Morgan fingerprint density at radius 3 is 2.76 bits per heavy atom. The molecule has 1 saturated heterocycles. The number of nitrogens with zero attached hydrogens (tertiary/aromatic N) is 1. The molecule has 1 aliphatic rings. The summed E-state index contributed by atoms with van der Waals surface area (Å²) in [5, 5.41) is 2.70. The van der Waals surface area contributed by atoms with E-state index in [1.54, 1.807) is 0 Å². The molecule has 0 spiro atoms. The van der Waals surface area contributed by atoms with E-state index in [0.717, 1.165) is 32.4 Å². The van der Waals surface area contributed by atoms with Crippen LogP contribution in [0.25, 0.3) is 0 Å². The molecule has 1 aromatic carbocycles. The molecular formula is C16H24FN3O. The van der Waals surface area contributed by atoms with Gasteiger partial charge in [0.2, 0.25) is 5.91 Å². The number of hydrogen-bond acceptors (Lipinski definition) is 3. The van der Waals surface area contributed by atoms with Crippen molar-refractivity contribution in [2.45, 2.75) is 33.1 Å². The first kappa shape index (κ1) is 15.8. The summed E-state index contributed by atoms with van der Waals surface area (Å²) in [5.41, 5.74) is 6.80. The maximum absolute atomic E-state index is 13.2. The molecule has 1 aromatic rings. The second-order valence-electron chi connectivity index (χ2n) is 5.95. The van der Waals surface area contributed by atoms with Crippen LogP contribution in [0.2, 0.25) is 0 Å². The van der Waals surface area contributed by atoms with E-state index in [1.165, 1.54) is 18.2 Å². The first-order valence-electron chi connectivity index (χ1n) is 7.55. The number of rotatable bonds is 5. The molecular weight excluding hydrogens is 269 g/mol. The first-order chi connectivity index (χ1) is 9.98. The Hall–Kier alpha value is -1.62. The molecule has 0 radical (unpaired) electrons. The molecule has 0 saturated carbocycles. The summed E-state index contributed by atoms with van der Waals surface area (Å²) in [5.74, 6) is -0.549. The molecule has 2 rings (SSSR count). The van der Waals surface area contributed by atoms with Gasteiger partial charge in [-0.1, -0.05) is 13.8 Å². The third-order valence-electron chi connectivity index (χ3n) is 4.67. The third kappa shape index (κ3) is 3.73. The maximum Gasteiger partial charge on any atom is 0.238 e. The van der Waals surface area contributed by atoms with Gasteiger partial charge in [0, 0.05) is 6.54 Å². The number of nitrogens with two attached hydrogens (primary N) is 1. The van der Waals surface area contributed by atoms with E-state index in [-0.39, 0.29) is 5.91 Å². The van der Waals surface area contributed by atoms with Gasteiger partial charge in [-0.2, -0.15) is 0 Å². The van der Waals surface area contributed by atoms with Crippen molar-refractivity contribution >= 4 is 17.3 Å². The van der Waals surface area contributed by atoms with Crippen molar-refractivity contribution in [2.75, 3.05) is 30.7 Å². The summed E-state index contributed by atoms with van der Waals surface area (Å²) in [6.45, 7) is 6.64.